The molecule has 2 aromatic rings. The van der Waals surface area contributed by atoms with Crippen molar-refractivity contribution in [2.75, 3.05) is 6.54 Å². The summed E-state index contributed by atoms with van der Waals surface area (Å²) in [6.07, 6.45) is 5.24. The number of nitrogens with two attached hydrogens (primary N) is 1. The van der Waals surface area contributed by atoms with Gasteiger partial charge in [-0.05, 0) is 54.7 Å². The Morgan fingerprint density at radius 2 is 1.66 bits per heavy atom. The standard InChI is InChI=1S/C21H26N4O4/c22-19(27)14-18(21(29)24-13-10-16-4-6-17(26)7-5-16)25-20(28)3-1-2-15-8-11-23-12-9-15/h4-9,11-12,18,26H,1-3,10,13-14H2,(H2,22,27)(H,24,29)(H,25,28)/t18-/m1/s1. The quantitative estimate of drug-likeness (QED) is 0.445. The molecule has 0 saturated carbocycles. The summed E-state index contributed by atoms with van der Waals surface area (Å²) in [4.78, 5) is 39.8. The predicted octanol–water partition coefficient (Wildman–Crippen LogP) is 0.829. The van der Waals surface area contributed by atoms with Gasteiger partial charge in [-0.1, -0.05) is 12.1 Å². The van der Waals surface area contributed by atoms with E-state index in [4.69, 9.17) is 5.73 Å². The fourth-order valence-corrected chi connectivity index (χ4v) is 2.80. The number of nitrogens with one attached hydrogen (secondary N) is 2. The maximum atomic E-state index is 12.4. The average molecular weight is 398 g/mol. The lowest BCUT2D eigenvalue weighted by Crippen LogP contribution is -2.49. The summed E-state index contributed by atoms with van der Waals surface area (Å²) in [6, 6.07) is 9.42. The van der Waals surface area contributed by atoms with Gasteiger partial charge in [-0.2, -0.15) is 0 Å². The van der Waals surface area contributed by atoms with Crippen LogP contribution in [-0.2, 0) is 27.2 Å². The van der Waals surface area contributed by atoms with Crippen LogP contribution in [0.4, 0.5) is 0 Å². The van der Waals surface area contributed by atoms with E-state index < -0.39 is 17.9 Å². The van der Waals surface area contributed by atoms with E-state index in [0.717, 1.165) is 17.5 Å². The lowest BCUT2D eigenvalue weighted by molar-refractivity contribution is -0.131. The zero-order valence-electron chi connectivity index (χ0n) is 16.1. The van der Waals surface area contributed by atoms with E-state index in [1.165, 1.54) is 0 Å². The first-order chi connectivity index (χ1) is 13.9. The molecule has 0 saturated heterocycles. The van der Waals surface area contributed by atoms with Crippen molar-refractivity contribution in [1.29, 1.82) is 0 Å². The highest BCUT2D eigenvalue weighted by atomic mass is 16.3. The Bertz CT molecular complexity index is 809. The second-order valence-electron chi connectivity index (χ2n) is 6.71. The second-order valence-corrected chi connectivity index (χ2v) is 6.71. The molecule has 0 spiro atoms. The zero-order chi connectivity index (χ0) is 21.1. The molecular formula is C21H26N4O4. The molecule has 0 unspecified atom stereocenters. The van der Waals surface area contributed by atoms with Crippen molar-refractivity contribution in [3.8, 4) is 5.75 Å². The Kier molecular flexibility index (Phi) is 8.62. The molecule has 154 valence electrons. The van der Waals surface area contributed by atoms with Gasteiger partial charge >= 0.3 is 0 Å². The van der Waals surface area contributed by atoms with E-state index in [1.807, 2.05) is 12.1 Å². The summed E-state index contributed by atoms with van der Waals surface area (Å²) in [5.74, 6) is -1.25. The number of pyridine rings is 1. The molecule has 0 bridgehead atoms. The van der Waals surface area contributed by atoms with Crippen molar-refractivity contribution in [2.45, 2.75) is 38.1 Å². The Labute approximate surface area is 169 Å². The monoisotopic (exact) mass is 398 g/mol. The third-order valence-electron chi connectivity index (χ3n) is 4.32. The number of phenolic OH excluding ortho intramolecular Hbond substituents is 1. The number of aryl methyl sites for hydroxylation is 1. The Hall–Kier alpha value is -3.42. The first-order valence-electron chi connectivity index (χ1n) is 9.46. The first kappa shape index (κ1) is 21.9. The molecule has 8 nitrogen and oxygen atoms in total. The number of primary amides is 1. The van der Waals surface area contributed by atoms with E-state index in [9.17, 15) is 19.5 Å². The van der Waals surface area contributed by atoms with E-state index >= 15 is 0 Å². The number of nitrogens with zero attached hydrogens (tertiary/aromatic N) is 1. The van der Waals surface area contributed by atoms with Crippen LogP contribution in [0, 0.1) is 0 Å². The number of hydrogen-bond donors (Lipinski definition) is 4. The van der Waals surface area contributed by atoms with Crippen LogP contribution in [0.5, 0.6) is 5.75 Å². The summed E-state index contributed by atoms with van der Waals surface area (Å²) in [7, 11) is 0. The number of benzene rings is 1. The molecule has 3 amide bonds. The van der Waals surface area contributed by atoms with Gasteiger partial charge < -0.3 is 21.5 Å². The lowest BCUT2D eigenvalue weighted by Gasteiger charge is -2.17. The number of phenols is 1. The molecule has 0 fully saturated rings. The van der Waals surface area contributed by atoms with Crippen molar-refractivity contribution >= 4 is 17.7 Å². The minimum Gasteiger partial charge on any atom is -0.508 e. The van der Waals surface area contributed by atoms with Gasteiger partial charge in [-0.3, -0.25) is 19.4 Å². The molecule has 0 aliphatic rings. The molecule has 0 radical (unpaired) electrons. The number of aromatic nitrogens is 1. The topological polar surface area (TPSA) is 134 Å². The SMILES string of the molecule is NC(=O)C[C@@H](NC(=O)CCCc1ccncc1)C(=O)NCCc1ccc(O)cc1. The minimum absolute atomic E-state index is 0.172. The number of hydrogen-bond acceptors (Lipinski definition) is 5. The van der Waals surface area contributed by atoms with Gasteiger partial charge in [0.25, 0.3) is 0 Å². The van der Waals surface area contributed by atoms with Crippen LogP contribution in [0.2, 0.25) is 0 Å². The molecule has 5 N–H and O–H groups in total. The summed E-state index contributed by atoms with van der Waals surface area (Å²) in [6.45, 7) is 0.330. The van der Waals surface area contributed by atoms with Crippen molar-refractivity contribution in [3.63, 3.8) is 0 Å². The average Bonchev–Trinajstić information content (AvgIpc) is 2.69. The summed E-state index contributed by atoms with van der Waals surface area (Å²) >= 11 is 0. The third kappa shape index (κ3) is 8.42. The fourth-order valence-electron chi connectivity index (χ4n) is 2.80. The molecule has 1 aromatic carbocycles. The fraction of sp³-hybridized carbons (Fsp3) is 0.333. The maximum Gasteiger partial charge on any atom is 0.243 e. The molecule has 1 atom stereocenters. The Morgan fingerprint density at radius 1 is 1.00 bits per heavy atom. The van der Waals surface area contributed by atoms with Gasteiger partial charge in [0.05, 0.1) is 6.42 Å². The smallest absolute Gasteiger partial charge is 0.243 e. The van der Waals surface area contributed by atoms with Crippen LogP contribution >= 0.6 is 0 Å². The third-order valence-corrected chi connectivity index (χ3v) is 4.32. The van der Waals surface area contributed by atoms with E-state index in [-0.39, 0.29) is 24.5 Å². The van der Waals surface area contributed by atoms with Gasteiger partial charge in [0.2, 0.25) is 17.7 Å². The number of rotatable bonds is 11. The molecule has 0 aliphatic carbocycles. The number of aromatic hydroxyl groups is 1. The summed E-state index contributed by atoms with van der Waals surface area (Å²) in [5, 5.41) is 14.6. The van der Waals surface area contributed by atoms with Crippen molar-refractivity contribution in [1.82, 2.24) is 15.6 Å². The highest BCUT2D eigenvalue weighted by Crippen LogP contribution is 2.09. The molecule has 0 aliphatic heterocycles. The van der Waals surface area contributed by atoms with Crippen molar-refractivity contribution in [3.05, 3.63) is 59.9 Å². The van der Waals surface area contributed by atoms with Gasteiger partial charge in [0.1, 0.15) is 11.8 Å². The number of carbonyl (C=O) groups excluding carboxylic acids is 3. The molecule has 1 heterocycles. The van der Waals surface area contributed by atoms with Crippen molar-refractivity contribution < 1.29 is 19.5 Å². The second kappa shape index (κ2) is 11.4. The van der Waals surface area contributed by atoms with Crippen LogP contribution in [0.15, 0.2) is 48.8 Å². The van der Waals surface area contributed by atoms with E-state index in [2.05, 4.69) is 15.6 Å². The highest BCUT2D eigenvalue weighted by Gasteiger charge is 2.22. The number of amides is 3. The van der Waals surface area contributed by atoms with Crippen molar-refractivity contribution in [2.24, 2.45) is 5.73 Å². The van der Waals surface area contributed by atoms with Gasteiger partial charge in [0, 0.05) is 25.4 Å². The van der Waals surface area contributed by atoms with Crippen LogP contribution in [0.1, 0.15) is 30.4 Å². The Balaban J connectivity index is 1.78. The molecule has 29 heavy (non-hydrogen) atoms. The van der Waals surface area contributed by atoms with E-state index in [1.54, 1.807) is 36.7 Å². The van der Waals surface area contributed by atoms with Crippen LogP contribution in [0.25, 0.3) is 0 Å². The van der Waals surface area contributed by atoms with Crippen LogP contribution < -0.4 is 16.4 Å². The minimum atomic E-state index is -0.999. The van der Waals surface area contributed by atoms with E-state index in [0.29, 0.717) is 19.4 Å². The highest BCUT2D eigenvalue weighted by molar-refractivity contribution is 5.91. The van der Waals surface area contributed by atoms with Gasteiger partial charge in [0.15, 0.2) is 0 Å². The normalized spacial score (nSPS) is 11.4. The number of carbonyl (C=O) groups is 3. The lowest BCUT2D eigenvalue weighted by atomic mass is 10.1. The maximum absolute atomic E-state index is 12.4. The Morgan fingerprint density at radius 3 is 2.31 bits per heavy atom. The summed E-state index contributed by atoms with van der Waals surface area (Å²) in [5.41, 5.74) is 7.23. The predicted molar refractivity (Wildman–Crippen MR) is 108 cm³/mol. The molecular weight excluding hydrogens is 372 g/mol. The molecule has 1 aromatic heterocycles. The first-order valence-corrected chi connectivity index (χ1v) is 9.46. The van der Waals surface area contributed by atoms with Crippen LogP contribution in [0.3, 0.4) is 0 Å². The summed E-state index contributed by atoms with van der Waals surface area (Å²) < 4.78 is 0. The largest absolute Gasteiger partial charge is 0.508 e. The van der Waals surface area contributed by atoms with Crippen LogP contribution in [-0.4, -0.2) is 40.4 Å². The van der Waals surface area contributed by atoms with Gasteiger partial charge in [-0.25, -0.2) is 0 Å². The molecule has 8 heteroatoms. The molecule has 2 rings (SSSR count). The zero-order valence-corrected chi connectivity index (χ0v) is 16.1. The van der Waals surface area contributed by atoms with Gasteiger partial charge in [-0.15, -0.1) is 0 Å².